The van der Waals surface area contributed by atoms with Crippen molar-refractivity contribution < 1.29 is 18.4 Å². The van der Waals surface area contributed by atoms with E-state index in [9.17, 15) is 14.0 Å². The first-order valence-electron chi connectivity index (χ1n) is 12.5. The fourth-order valence-corrected chi connectivity index (χ4v) is 4.63. The van der Waals surface area contributed by atoms with Crippen LogP contribution in [0.4, 0.5) is 15.8 Å². The molecule has 2 amide bonds. The van der Waals surface area contributed by atoms with Crippen molar-refractivity contribution in [1.29, 1.82) is 0 Å². The van der Waals surface area contributed by atoms with E-state index in [0.717, 1.165) is 30.8 Å². The first-order valence-corrected chi connectivity index (χ1v) is 12.9. The highest BCUT2D eigenvalue weighted by atomic mass is 35.5. The number of hydrogen-bond donors (Lipinski definition) is 1. The van der Waals surface area contributed by atoms with E-state index in [0.29, 0.717) is 30.1 Å². The van der Waals surface area contributed by atoms with E-state index >= 15 is 0 Å². The molecule has 8 heteroatoms. The van der Waals surface area contributed by atoms with E-state index in [-0.39, 0.29) is 16.7 Å². The summed E-state index contributed by atoms with van der Waals surface area (Å²) in [7, 11) is 0. The summed E-state index contributed by atoms with van der Waals surface area (Å²) < 4.78 is 19.1. The number of piperazine rings is 1. The Morgan fingerprint density at radius 2 is 1.63 bits per heavy atom. The second-order valence-electron chi connectivity index (χ2n) is 9.12. The van der Waals surface area contributed by atoms with Crippen molar-refractivity contribution in [3.8, 4) is 11.3 Å². The van der Waals surface area contributed by atoms with E-state index in [4.69, 9.17) is 16.0 Å². The number of halogens is 2. The molecule has 0 atom stereocenters. The van der Waals surface area contributed by atoms with Crippen molar-refractivity contribution in [2.75, 3.05) is 36.4 Å². The average molecular weight is 532 g/mol. The fourth-order valence-electron chi connectivity index (χ4n) is 4.45. The Kier molecular flexibility index (Phi) is 7.47. The fraction of sp³-hybridized carbons (Fsp3) is 0.200. The molecule has 1 fully saturated rings. The maximum absolute atomic E-state index is 13.4. The van der Waals surface area contributed by atoms with Gasteiger partial charge in [0.2, 0.25) is 0 Å². The monoisotopic (exact) mass is 531 g/mol. The van der Waals surface area contributed by atoms with E-state index in [1.54, 1.807) is 18.2 Å². The third-order valence-electron chi connectivity index (χ3n) is 6.70. The number of hydrogen-bond acceptors (Lipinski definition) is 4. The Hall–Kier alpha value is -4.10. The lowest BCUT2D eigenvalue weighted by Gasteiger charge is -2.36. The molecule has 194 valence electrons. The van der Waals surface area contributed by atoms with Gasteiger partial charge in [-0.05, 0) is 78.7 Å². The van der Waals surface area contributed by atoms with Gasteiger partial charge in [-0.2, -0.15) is 0 Å². The van der Waals surface area contributed by atoms with Crippen LogP contribution >= 0.6 is 11.6 Å². The molecule has 6 nitrogen and oxygen atoms in total. The summed E-state index contributed by atoms with van der Waals surface area (Å²) in [4.78, 5) is 29.7. The molecule has 3 aromatic carbocycles. The largest absolute Gasteiger partial charge is 0.451 e. The van der Waals surface area contributed by atoms with Crippen molar-refractivity contribution in [1.82, 2.24) is 4.90 Å². The van der Waals surface area contributed by atoms with Gasteiger partial charge in [0.25, 0.3) is 11.8 Å². The summed E-state index contributed by atoms with van der Waals surface area (Å²) in [5, 5.41) is 2.82. The van der Waals surface area contributed by atoms with E-state index in [1.807, 2.05) is 53.4 Å². The lowest BCUT2D eigenvalue weighted by Crippen LogP contribution is -2.48. The normalized spacial score (nSPS) is 13.4. The Labute approximate surface area is 225 Å². The summed E-state index contributed by atoms with van der Waals surface area (Å²) in [6.07, 6.45) is 0.951. The number of aryl methyl sites for hydroxylation is 1. The lowest BCUT2D eigenvalue weighted by atomic mass is 10.1. The van der Waals surface area contributed by atoms with E-state index < -0.39 is 11.7 Å². The molecule has 1 aromatic heterocycles. The third kappa shape index (κ3) is 5.58. The van der Waals surface area contributed by atoms with Gasteiger partial charge in [0, 0.05) is 48.7 Å². The molecule has 0 saturated carbocycles. The number of anilines is 2. The van der Waals surface area contributed by atoms with E-state index in [2.05, 4.69) is 17.1 Å². The molecule has 0 aliphatic carbocycles. The Morgan fingerprint density at radius 1 is 0.921 bits per heavy atom. The first-order chi connectivity index (χ1) is 18.4. The molecule has 1 aliphatic heterocycles. The summed E-state index contributed by atoms with van der Waals surface area (Å²) >= 11 is 5.85. The molecular formula is C30H27ClFN3O3. The summed E-state index contributed by atoms with van der Waals surface area (Å²) in [6.45, 7) is 4.85. The predicted molar refractivity (Wildman–Crippen MR) is 147 cm³/mol. The van der Waals surface area contributed by atoms with Gasteiger partial charge in [0.15, 0.2) is 5.76 Å². The Balaban J connectivity index is 1.16. The van der Waals surface area contributed by atoms with Crippen LogP contribution in [0.1, 0.15) is 33.4 Å². The van der Waals surface area contributed by atoms with Crippen molar-refractivity contribution in [3.63, 3.8) is 0 Å². The summed E-state index contributed by atoms with van der Waals surface area (Å²) in [5.74, 6) is -0.292. The second-order valence-corrected chi connectivity index (χ2v) is 9.53. The number of carbonyl (C=O) groups excluding carboxylic acids is 2. The molecule has 2 heterocycles. The van der Waals surface area contributed by atoms with E-state index in [1.165, 1.54) is 17.7 Å². The molecule has 1 saturated heterocycles. The van der Waals surface area contributed by atoms with Gasteiger partial charge >= 0.3 is 0 Å². The smallest absolute Gasteiger partial charge is 0.291 e. The minimum atomic E-state index is -0.517. The highest BCUT2D eigenvalue weighted by Gasteiger charge is 2.22. The molecule has 38 heavy (non-hydrogen) atoms. The average Bonchev–Trinajstić information content (AvgIpc) is 3.45. The highest BCUT2D eigenvalue weighted by Crippen LogP contribution is 2.27. The zero-order chi connectivity index (χ0) is 26.6. The van der Waals surface area contributed by atoms with Crippen LogP contribution in [-0.4, -0.2) is 42.9 Å². The van der Waals surface area contributed by atoms with Crippen molar-refractivity contribution in [3.05, 3.63) is 107 Å². The van der Waals surface area contributed by atoms with Crippen LogP contribution in [0.2, 0.25) is 5.02 Å². The molecule has 1 N–H and O–H groups in total. The highest BCUT2D eigenvalue weighted by molar-refractivity contribution is 6.31. The van der Waals surface area contributed by atoms with Gasteiger partial charge < -0.3 is 19.5 Å². The van der Waals surface area contributed by atoms with Crippen LogP contribution in [0, 0.1) is 5.82 Å². The molecule has 0 radical (unpaired) electrons. The van der Waals surface area contributed by atoms with Gasteiger partial charge in [-0.25, -0.2) is 4.39 Å². The second kappa shape index (κ2) is 11.1. The summed E-state index contributed by atoms with van der Waals surface area (Å²) in [5.41, 5.74) is 4.17. The number of carbonyl (C=O) groups is 2. The van der Waals surface area contributed by atoms with Crippen LogP contribution in [0.25, 0.3) is 11.3 Å². The number of benzene rings is 3. The minimum absolute atomic E-state index is 0.0142. The number of furan rings is 1. The number of amides is 2. The topological polar surface area (TPSA) is 65.8 Å². The van der Waals surface area contributed by atoms with Crippen molar-refractivity contribution in [2.24, 2.45) is 0 Å². The Morgan fingerprint density at radius 3 is 2.29 bits per heavy atom. The SMILES string of the molecule is CCc1ccc(C(=O)N2CCN(c3ccc(NC(=O)c4ccc(-c5ccc(F)c(Cl)c5)o4)cc3)CC2)cc1. The molecule has 0 unspecified atom stereocenters. The van der Waals surface area contributed by atoms with Crippen LogP contribution in [-0.2, 0) is 6.42 Å². The van der Waals surface area contributed by atoms with Gasteiger partial charge in [0.1, 0.15) is 11.6 Å². The third-order valence-corrected chi connectivity index (χ3v) is 6.99. The van der Waals surface area contributed by atoms with Crippen LogP contribution in [0.5, 0.6) is 0 Å². The zero-order valence-corrected chi connectivity index (χ0v) is 21.7. The molecular weight excluding hydrogens is 505 g/mol. The van der Waals surface area contributed by atoms with Crippen LogP contribution in [0.15, 0.2) is 83.3 Å². The maximum Gasteiger partial charge on any atom is 0.291 e. The molecule has 5 rings (SSSR count). The number of nitrogens with one attached hydrogen (secondary N) is 1. The van der Waals surface area contributed by atoms with Gasteiger partial charge in [-0.1, -0.05) is 30.7 Å². The van der Waals surface area contributed by atoms with Gasteiger partial charge in [0.05, 0.1) is 5.02 Å². The van der Waals surface area contributed by atoms with Crippen LogP contribution < -0.4 is 10.2 Å². The molecule has 4 aromatic rings. The van der Waals surface area contributed by atoms with Crippen molar-refractivity contribution >= 4 is 34.8 Å². The first kappa shape index (κ1) is 25.5. The van der Waals surface area contributed by atoms with Gasteiger partial charge in [-0.15, -0.1) is 0 Å². The summed E-state index contributed by atoms with van der Waals surface area (Å²) in [6, 6.07) is 22.9. The molecule has 0 bridgehead atoms. The van der Waals surface area contributed by atoms with Crippen LogP contribution in [0.3, 0.4) is 0 Å². The van der Waals surface area contributed by atoms with Crippen molar-refractivity contribution in [2.45, 2.75) is 13.3 Å². The molecule has 1 aliphatic rings. The molecule has 0 spiro atoms. The quantitative estimate of drug-likeness (QED) is 0.308. The number of nitrogens with zero attached hydrogens (tertiary/aromatic N) is 2. The number of rotatable bonds is 6. The predicted octanol–water partition coefficient (Wildman–Crippen LogP) is 6.52. The standard InChI is InChI=1S/C30H27ClFN3O3/c1-2-20-3-5-21(6-4-20)30(37)35-17-15-34(16-18-35)24-10-8-23(9-11-24)33-29(36)28-14-13-27(38-28)22-7-12-26(32)25(31)19-22/h3-14,19H,2,15-18H2,1H3,(H,33,36). The van der Waals surface area contributed by atoms with Gasteiger partial charge in [-0.3, -0.25) is 9.59 Å². The maximum atomic E-state index is 13.4. The lowest BCUT2D eigenvalue weighted by molar-refractivity contribution is 0.0746. The Bertz CT molecular complexity index is 1440. The zero-order valence-electron chi connectivity index (χ0n) is 20.9. The minimum Gasteiger partial charge on any atom is -0.451 e.